The van der Waals surface area contributed by atoms with Crippen molar-refractivity contribution in [1.82, 2.24) is 0 Å². The van der Waals surface area contributed by atoms with Crippen molar-refractivity contribution in [2.24, 2.45) is 0 Å². The van der Waals surface area contributed by atoms with Crippen LogP contribution < -0.4 is 11.5 Å². The Balaban J connectivity index is 3.04. The molecule has 0 aliphatic rings. The molecule has 0 atom stereocenters. The molecule has 142 valence electrons. The first-order valence-electron chi connectivity index (χ1n) is 9.91. The normalized spacial score (nSPS) is 12.0. The highest BCUT2D eigenvalue weighted by Gasteiger charge is 2.24. The van der Waals surface area contributed by atoms with E-state index in [0.29, 0.717) is 23.7 Å². The second-order valence-corrected chi connectivity index (χ2v) is 8.77. The second kappa shape index (κ2) is 7.73. The molecule has 0 unspecified atom stereocenters. The number of benzene rings is 2. The number of nitrogens with two attached hydrogens (primary N) is 2. The van der Waals surface area contributed by atoms with Crippen molar-refractivity contribution in [3.63, 3.8) is 0 Å². The number of hydrogen-bond acceptors (Lipinski definition) is 2. The minimum absolute atomic E-state index is 0.406. The molecule has 2 nitrogen and oxygen atoms in total. The third-order valence-electron chi connectivity index (χ3n) is 5.18. The highest BCUT2D eigenvalue weighted by molar-refractivity contribution is 5.82. The first-order chi connectivity index (χ1) is 12.0. The fourth-order valence-electron chi connectivity index (χ4n) is 3.82. The highest BCUT2D eigenvalue weighted by atomic mass is 14.6. The van der Waals surface area contributed by atoms with Crippen LogP contribution in [0.15, 0.2) is 24.3 Å². The van der Waals surface area contributed by atoms with Crippen LogP contribution in [-0.4, -0.2) is 0 Å². The molecule has 0 aliphatic carbocycles. The molecule has 0 fully saturated rings. The maximum Gasteiger partial charge on any atom is 0.0320 e. The van der Waals surface area contributed by atoms with E-state index in [1.54, 1.807) is 0 Å². The van der Waals surface area contributed by atoms with Crippen LogP contribution in [0.2, 0.25) is 0 Å². The van der Waals surface area contributed by atoms with E-state index in [4.69, 9.17) is 11.5 Å². The van der Waals surface area contributed by atoms with E-state index in [1.807, 2.05) is 0 Å². The predicted molar refractivity (Wildman–Crippen MR) is 117 cm³/mol. The van der Waals surface area contributed by atoms with E-state index in [0.717, 1.165) is 11.4 Å². The van der Waals surface area contributed by atoms with Gasteiger partial charge in [0.25, 0.3) is 0 Å². The molecule has 2 aromatic rings. The summed E-state index contributed by atoms with van der Waals surface area (Å²) in [6.07, 6.45) is 0. The zero-order valence-corrected chi connectivity index (χ0v) is 17.8. The van der Waals surface area contributed by atoms with Crippen LogP contribution >= 0.6 is 0 Å². The summed E-state index contributed by atoms with van der Waals surface area (Å²) >= 11 is 0. The van der Waals surface area contributed by atoms with Gasteiger partial charge in [0.2, 0.25) is 0 Å². The lowest BCUT2D eigenvalue weighted by Gasteiger charge is -2.27. The number of rotatable bonds is 5. The Kier molecular flexibility index (Phi) is 6.05. The molecule has 0 aromatic heterocycles. The van der Waals surface area contributed by atoms with Gasteiger partial charge in [-0.1, -0.05) is 55.4 Å². The summed E-state index contributed by atoms with van der Waals surface area (Å²) < 4.78 is 0. The van der Waals surface area contributed by atoms with E-state index in [1.165, 1.54) is 33.4 Å². The molecule has 0 spiro atoms. The van der Waals surface area contributed by atoms with Crippen LogP contribution in [0.1, 0.15) is 101 Å². The van der Waals surface area contributed by atoms with Gasteiger partial charge in [-0.05, 0) is 81.3 Å². The van der Waals surface area contributed by atoms with Gasteiger partial charge in [-0.2, -0.15) is 0 Å². The zero-order chi connectivity index (χ0) is 19.8. The molecule has 0 bridgehead atoms. The van der Waals surface area contributed by atoms with Gasteiger partial charge in [-0.25, -0.2) is 0 Å². The number of anilines is 2. The van der Waals surface area contributed by atoms with Crippen LogP contribution in [0.4, 0.5) is 11.4 Å². The Morgan fingerprint density at radius 1 is 0.462 bits per heavy atom. The summed E-state index contributed by atoms with van der Waals surface area (Å²) in [5.74, 6) is 1.62. The van der Waals surface area contributed by atoms with Crippen molar-refractivity contribution in [2.75, 3.05) is 11.5 Å². The van der Waals surface area contributed by atoms with Gasteiger partial charge in [-0.15, -0.1) is 0 Å². The Labute approximate surface area is 160 Å². The number of hydrogen-bond donors (Lipinski definition) is 2. The molecule has 2 rings (SSSR count). The average molecular weight is 353 g/mol. The highest BCUT2D eigenvalue weighted by Crippen LogP contribution is 2.45. The summed E-state index contributed by atoms with van der Waals surface area (Å²) in [5.41, 5.74) is 22.4. The van der Waals surface area contributed by atoms with Gasteiger partial charge < -0.3 is 11.5 Å². The summed E-state index contributed by atoms with van der Waals surface area (Å²) in [6.45, 7) is 18.0. The van der Waals surface area contributed by atoms with Crippen LogP contribution in [0.3, 0.4) is 0 Å². The molecule has 0 heterocycles. The third-order valence-corrected chi connectivity index (χ3v) is 5.18. The van der Waals surface area contributed by atoms with Gasteiger partial charge >= 0.3 is 0 Å². The fraction of sp³-hybridized carbons (Fsp3) is 0.500. The van der Waals surface area contributed by atoms with Gasteiger partial charge in [0.15, 0.2) is 0 Å². The summed E-state index contributed by atoms with van der Waals surface area (Å²) in [4.78, 5) is 0. The summed E-state index contributed by atoms with van der Waals surface area (Å²) in [6, 6.07) is 8.65. The van der Waals surface area contributed by atoms with Crippen molar-refractivity contribution in [3.8, 4) is 11.1 Å². The van der Waals surface area contributed by atoms with E-state index < -0.39 is 0 Å². The first-order valence-corrected chi connectivity index (χ1v) is 9.91. The minimum Gasteiger partial charge on any atom is -0.399 e. The van der Waals surface area contributed by atoms with Gasteiger partial charge in [-0.3, -0.25) is 0 Å². The molecular formula is C24H36N2. The molecular weight excluding hydrogens is 316 g/mol. The third kappa shape index (κ3) is 3.90. The van der Waals surface area contributed by atoms with Gasteiger partial charge in [0, 0.05) is 11.4 Å². The van der Waals surface area contributed by atoms with E-state index in [9.17, 15) is 0 Å². The topological polar surface area (TPSA) is 52.0 Å². The van der Waals surface area contributed by atoms with E-state index in [2.05, 4.69) is 79.7 Å². The maximum atomic E-state index is 6.28. The van der Waals surface area contributed by atoms with E-state index in [-0.39, 0.29) is 0 Å². The van der Waals surface area contributed by atoms with Crippen molar-refractivity contribution >= 4 is 11.4 Å². The lowest BCUT2D eigenvalue weighted by atomic mass is 9.77. The van der Waals surface area contributed by atoms with Gasteiger partial charge in [0.1, 0.15) is 0 Å². The molecule has 0 radical (unpaired) electrons. The van der Waals surface area contributed by atoms with Crippen LogP contribution in [0, 0.1) is 0 Å². The number of nitrogen functional groups attached to an aromatic ring is 2. The molecule has 0 amide bonds. The van der Waals surface area contributed by atoms with Crippen LogP contribution in [0.5, 0.6) is 0 Å². The second-order valence-electron chi connectivity index (χ2n) is 8.77. The van der Waals surface area contributed by atoms with Gasteiger partial charge in [0.05, 0.1) is 0 Å². The predicted octanol–water partition coefficient (Wildman–Crippen LogP) is 7.01. The SMILES string of the molecule is CC(C)c1cc(N)cc(C(C)C)c1-c1c(C(C)C)cc(N)cc1C(C)C. The smallest absolute Gasteiger partial charge is 0.0320 e. The first kappa shape index (κ1) is 20.4. The molecule has 4 N–H and O–H groups in total. The lowest BCUT2D eigenvalue weighted by molar-refractivity contribution is 0.818. The Morgan fingerprint density at radius 3 is 0.808 bits per heavy atom. The Hall–Kier alpha value is -1.96. The largest absolute Gasteiger partial charge is 0.399 e. The van der Waals surface area contributed by atoms with Crippen molar-refractivity contribution in [1.29, 1.82) is 0 Å². The van der Waals surface area contributed by atoms with Crippen molar-refractivity contribution in [3.05, 3.63) is 46.5 Å². The monoisotopic (exact) mass is 352 g/mol. The maximum absolute atomic E-state index is 6.28. The standard InChI is InChI=1S/C24H36N2/c1-13(2)19-9-17(25)10-20(14(3)4)23(19)24-21(15(5)6)11-18(26)12-22(24)16(7)8/h9-16H,25-26H2,1-8H3. The Morgan fingerprint density at radius 2 is 0.654 bits per heavy atom. The van der Waals surface area contributed by atoms with Crippen LogP contribution in [0.25, 0.3) is 11.1 Å². The average Bonchev–Trinajstić information content (AvgIpc) is 2.53. The minimum atomic E-state index is 0.406. The lowest BCUT2D eigenvalue weighted by Crippen LogP contribution is -2.08. The van der Waals surface area contributed by atoms with Crippen LogP contribution in [-0.2, 0) is 0 Å². The summed E-state index contributed by atoms with van der Waals surface area (Å²) in [7, 11) is 0. The molecule has 26 heavy (non-hydrogen) atoms. The molecule has 0 aliphatic heterocycles. The molecule has 0 saturated heterocycles. The molecule has 2 aromatic carbocycles. The fourth-order valence-corrected chi connectivity index (χ4v) is 3.82. The van der Waals surface area contributed by atoms with Crippen molar-refractivity contribution < 1.29 is 0 Å². The molecule has 0 saturated carbocycles. The quantitative estimate of drug-likeness (QED) is 0.568. The Bertz CT molecular complexity index is 657. The molecule has 2 heteroatoms. The van der Waals surface area contributed by atoms with Crippen molar-refractivity contribution in [2.45, 2.75) is 79.1 Å². The zero-order valence-electron chi connectivity index (χ0n) is 17.8. The van der Waals surface area contributed by atoms with E-state index >= 15 is 0 Å². The summed E-state index contributed by atoms with van der Waals surface area (Å²) in [5, 5.41) is 0.